The van der Waals surface area contributed by atoms with Crippen molar-refractivity contribution in [3.8, 4) is 111 Å². The lowest BCUT2D eigenvalue weighted by Crippen LogP contribution is -2.10. The van der Waals surface area contributed by atoms with Gasteiger partial charge in [0.15, 0.2) is 0 Å². The lowest BCUT2D eigenvalue weighted by atomic mass is 9.89. The predicted molar refractivity (Wildman–Crippen MR) is 473 cm³/mol. The van der Waals surface area contributed by atoms with Crippen molar-refractivity contribution in [1.82, 2.24) is 0 Å². The highest BCUT2D eigenvalue weighted by Gasteiger charge is 2.21. The van der Waals surface area contributed by atoms with E-state index in [2.05, 4.69) is 434 Å². The Labute approximate surface area is 648 Å². The molecule has 0 saturated heterocycles. The van der Waals surface area contributed by atoms with Crippen LogP contribution in [0.2, 0.25) is 0 Å². The molecule has 0 aliphatic heterocycles. The maximum absolute atomic E-state index is 2.44. The minimum absolute atomic E-state index is 1.08. The number of thiophene rings is 2. The van der Waals surface area contributed by atoms with Crippen LogP contribution in [0.25, 0.3) is 162 Å². The Hall–Kier alpha value is -13.7. The van der Waals surface area contributed by atoms with Crippen molar-refractivity contribution in [2.45, 2.75) is 0 Å². The fourth-order valence-electron chi connectivity index (χ4n) is 16.1. The molecule has 2 nitrogen and oxygen atoms in total. The van der Waals surface area contributed by atoms with E-state index in [9.17, 15) is 0 Å². The van der Waals surface area contributed by atoms with E-state index >= 15 is 0 Å². The first kappa shape index (κ1) is 65.8. The third kappa shape index (κ3) is 12.6. The van der Waals surface area contributed by atoms with E-state index < -0.39 is 0 Å². The highest BCUT2D eigenvalue weighted by molar-refractivity contribution is 7.26. The Bertz CT molecular complexity index is 6680. The van der Waals surface area contributed by atoms with Crippen LogP contribution in [0.4, 0.5) is 34.1 Å². The zero-order chi connectivity index (χ0) is 72.9. The van der Waals surface area contributed by atoms with E-state index in [1.165, 1.54) is 140 Å². The van der Waals surface area contributed by atoms with Crippen molar-refractivity contribution < 1.29 is 0 Å². The molecule has 0 N–H and O–H groups in total. The van der Waals surface area contributed by atoms with Gasteiger partial charge in [0, 0.05) is 74.2 Å². The predicted octanol–water partition coefficient (Wildman–Crippen LogP) is 31.2. The average Bonchev–Trinajstić information content (AvgIpc) is 1.44. The van der Waals surface area contributed by atoms with Crippen molar-refractivity contribution in [3.63, 3.8) is 0 Å². The monoisotopic (exact) mass is 1430 g/mol. The minimum atomic E-state index is 1.08. The molecule has 0 bridgehead atoms. The Morgan fingerprint density at radius 3 is 0.909 bits per heavy atom. The summed E-state index contributed by atoms with van der Waals surface area (Å²) >= 11 is 3.73. The SMILES string of the molecule is c1ccc(-c2ccc(N(c3ccc(-c4ccccc4)cc3)c3ccc(-c4ccc(-c5cccc(-c6ccc7sc8ccc(-c9cc(-c%10ccc(N(c%11ccc(-c%12ccccc%12)cc%11)c%11cccc%12ccccc%11%12)cc%10)ccc9-c9ccccc9)cc8c7c6)c5)c(-c5ccc6sc7ccccc7c6c5)c4)cc3)cc2)cc1. The summed E-state index contributed by atoms with van der Waals surface area (Å²) < 4.78 is 5.12. The summed E-state index contributed by atoms with van der Waals surface area (Å²) in [6.07, 6.45) is 0. The van der Waals surface area contributed by atoms with E-state index in [0.717, 1.165) is 56.4 Å². The average molecular weight is 1440 g/mol. The molecule has 4 heteroatoms. The topological polar surface area (TPSA) is 6.48 Å². The molecular weight excluding hydrogens is 1370 g/mol. The van der Waals surface area contributed by atoms with Gasteiger partial charge in [-0.1, -0.05) is 297 Å². The van der Waals surface area contributed by atoms with E-state index in [1.54, 1.807) is 0 Å². The fraction of sp³-hybridized carbons (Fsp3) is 0. The van der Waals surface area contributed by atoms with Gasteiger partial charge >= 0.3 is 0 Å². The van der Waals surface area contributed by atoms with Gasteiger partial charge in [0.05, 0.1) is 5.69 Å². The van der Waals surface area contributed by atoms with Crippen LogP contribution in [0, 0.1) is 0 Å². The molecule has 0 radical (unpaired) electrons. The van der Waals surface area contributed by atoms with E-state index in [4.69, 9.17) is 0 Å². The minimum Gasteiger partial charge on any atom is -0.311 e. The van der Waals surface area contributed by atoms with Gasteiger partial charge in [0.25, 0.3) is 0 Å². The van der Waals surface area contributed by atoms with Gasteiger partial charge in [-0.15, -0.1) is 22.7 Å². The molecule has 516 valence electrons. The Morgan fingerprint density at radius 2 is 0.427 bits per heavy atom. The zero-order valence-electron chi connectivity index (χ0n) is 60.1. The summed E-state index contributed by atoms with van der Waals surface area (Å²) in [6.45, 7) is 0. The number of fused-ring (bicyclic) bond motifs is 7. The van der Waals surface area contributed by atoms with Crippen molar-refractivity contribution in [2.75, 3.05) is 9.80 Å². The summed E-state index contributed by atoms with van der Waals surface area (Å²) in [4.78, 5) is 4.76. The van der Waals surface area contributed by atoms with Gasteiger partial charge in [-0.2, -0.15) is 0 Å². The van der Waals surface area contributed by atoms with Crippen LogP contribution in [-0.4, -0.2) is 0 Å². The lowest BCUT2D eigenvalue weighted by molar-refractivity contribution is 1.28. The van der Waals surface area contributed by atoms with Crippen LogP contribution in [0.1, 0.15) is 0 Å². The Morgan fingerprint density at radius 1 is 0.145 bits per heavy atom. The van der Waals surface area contributed by atoms with Gasteiger partial charge < -0.3 is 9.80 Å². The fourth-order valence-corrected chi connectivity index (χ4v) is 18.3. The molecule has 20 aromatic rings. The number of rotatable bonds is 16. The quantitative estimate of drug-likeness (QED) is 0.0951. The molecule has 0 unspecified atom stereocenters. The molecule has 20 rings (SSSR count). The number of hydrogen-bond acceptors (Lipinski definition) is 4. The molecule has 0 saturated carbocycles. The van der Waals surface area contributed by atoms with Gasteiger partial charge in [-0.05, 0) is 244 Å². The first-order valence-corrected chi connectivity index (χ1v) is 39.2. The second-order valence-electron chi connectivity index (χ2n) is 28.3. The lowest BCUT2D eigenvalue weighted by Gasteiger charge is -2.27. The van der Waals surface area contributed by atoms with Crippen molar-refractivity contribution in [3.05, 3.63) is 425 Å². The molecule has 0 spiro atoms. The van der Waals surface area contributed by atoms with Crippen LogP contribution in [0.5, 0.6) is 0 Å². The molecule has 0 aliphatic carbocycles. The molecule has 0 amide bonds. The van der Waals surface area contributed by atoms with Crippen molar-refractivity contribution in [1.29, 1.82) is 0 Å². The Balaban J connectivity index is 0.644. The van der Waals surface area contributed by atoms with Gasteiger partial charge in [-0.3, -0.25) is 0 Å². The summed E-state index contributed by atoms with van der Waals surface area (Å²) in [6, 6.07) is 156. The molecular formula is C106H70N2S2. The third-order valence-corrected chi connectivity index (χ3v) is 24.0. The standard InChI is InChI=1S/C106H70N2S2/c1-5-19-71(20-6-1)74-35-50-88(51-36-74)107(89-52-37-75(38-53-89)72-21-7-2-8-22-72)90-54-41-77(42-55-90)83-46-61-94(98(67-83)86-48-63-104-99(69-86)96-32-15-16-34-103(96)109-104)85-30-17-29-81(65-85)84-47-62-105-100(68-84)101-70-87(49-64-106(101)110-105)97-66-82(45-60-93(97)79-25-11-4-12-26-79)78-43-58-92(59-44-78)108(102-33-18-28-80-27-13-14-31-95(80)102)91-56-39-76(40-57-91)73-23-9-3-10-24-73/h1-70H. The first-order valence-electron chi connectivity index (χ1n) is 37.6. The van der Waals surface area contributed by atoms with E-state index in [1.807, 2.05) is 22.7 Å². The largest absolute Gasteiger partial charge is 0.311 e. The summed E-state index contributed by atoms with van der Waals surface area (Å²) in [5, 5.41) is 7.48. The maximum Gasteiger partial charge on any atom is 0.0540 e. The van der Waals surface area contributed by atoms with Gasteiger partial charge in [0.2, 0.25) is 0 Å². The van der Waals surface area contributed by atoms with Crippen LogP contribution in [0.3, 0.4) is 0 Å². The third-order valence-electron chi connectivity index (χ3n) is 21.7. The second kappa shape index (κ2) is 28.5. The van der Waals surface area contributed by atoms with Crippen molar-refractivity contribution in [2.24, 2.45) is 0 Å². The highest BCUT2D eigenvalue weighted by atomic mass is 32.1. The molecule has 110 heavy (non-hydrogen) atoms. The van der Waals surface area contributed by atoms with Crippen molar-refractivity contribution >= 4 is 108 Å². The Kier molecular flexibility index (Phi) is 17.0. The first-order chi connectivity index (χ1) is 54.5. The molecule has 2 aromatic heterocycles. The normalized spacial score (nSPS) is 11.5. The van der Waals surface area contributed by atoms with Crippen LogP contribution in [0.15, 0.2) is 425 Å². The van der Waals surface area contributed by atoms with Gasteiger partial charge in [0.1, 0.15) is 0 Å². The van der Waals surface area contributed by atoms with Crippen LogP contribution in [-0.2, 0) is 0 Å². The summed E-state index contributed by atoms with van der Waals surface area (Å²) in [5.41, 5.74) is 30.2. The van der Waals surface area contributed by atoms with E-state index in [-0.39, 0.29) is 0 Å². The van der Waals surface area contributed by atoms with Crippen LogP contribution < -0.4 is 9.80 Å². The number of benzene rings is 18. The van der Waals surface area contributed by atoms with Crippen LogP contribution >= 0.6 is 22.7 Å². The molecule has 0 atom stereocenters. The molecule has 0 fully saturated rings. The molecule has 0 aliphatic rings. The number of anilines is 6. The smallest absolute Gasteiger partial charge is 0.0540 e. The zero-order valence-corrected chi connectivity index (χ0v) is 61.8. The summed E-state index contributed by atoms with van der Waals surface area (Å²) in [5.74, 6) is 0. The maximum atomic E-state index is 2.44. The second-order valence-corrected chi connectivity index (χ2v) is 30.5. The number of nitrogens with zero attached hydrogens (tertiary/aromatic N) is 2. The van der Waals surface area contributed by atoms with E-state index in [0.29, 0.717) is 0 Å². The van der Waals surface area contributed by atoms with Gasteiger partial charge in [-0.25, -0.2) is 0 Å². The molecule has 2 heterocycles. The summed E-state index contributed by atoms with van der Waals surface area (Å²) in [7, 11) is 0. The highest BCUT2D eigenvalue weighted by Crippen LogP contribution is 2.47. The number of hydrogen-bond donors (Lipinski definition) is 0. The molecule has 18 aromatic carbocycles.